The Balaban J connectivity index is 2.09. The van der Waals surface area contributed by atoms with E-state index in [1.54, 1.807) is 43.4 Å². The highest BCUT2D eigenvalue weighted by molar-refractivity contribution is 5.85. The van der Waals surface area contributed by atoms with E-state index in [1.807, 2.05) is 19.1 Å². The van der Waals surface area contributed by atoms with Crippen LogP contribution < -0.4 is 15.7 Å². The van der Waals surface area contributed by atoms with Crippen molar-refractivity contribution in [3.8, 4) is 5.75 Å². The fourth-order valence-corrected chi connectivity index (χ4v) is 3.37. The summed E-state index contributed by atoms with van der Waals surface area (Å²) in [5.41, 5.74) is 1.25. The molecule has 1 atom stereocenters. The predicted molar refractivity (Wildman–Crippen MR) is 99.2 cm³/mol. The lowest BCUT2D eigenvalue weighted by atomic mass is 9.86. The minimum absolute atomic E-state index is 0.00817. The topological polar surface area (TPSA) is 94.6 Å². The van der Waals surface area contributed by atoms with E-state index in [2.05, 4.69) is 5.32 Å². The Morgan fingerprint density at radius 2 is 1.81 bits per heavy atom. The highest BCUT2D eigenvalue weighted by Crippen LogP contribution is 2.44. The number of rotatable bonds is 3. The van der Waals surface area contributed by atoms with Crippen LogP contribution in [0.1, 0.15) is 22.6 Å². The summed E-state index contributed by atoms with van der Waals surface area (Å²) >= 11 is 0. The van der Waals surface area contributed by atoms with Gasteiger partial charge in [0.2, 0.25) is 0 Å². The molecule has 136 valence electrons. The van der Waals surface area contributed by atoms with Gasteiger partial charge in [-0.05, 0) is 24.6 Å². The van der Waals surface area contributed by atoms with Crippen molar-refractivity contribution in [2.45, 2.75) is 12.8 Å². The molecule has 2 heterocycles. The van der Waals surface area contributed by atoms with Crippen LogP contribution in [0, 0.1) is 17.0 Å². The Labute approximate surface area is 154 Å². The van der Waals surface area contributed by atoms with E-state index in [-0.39, 0.29) is 22.9 Å². The van der Waals surface area contributed by atoms with E-state index < -0.39 is 16.5 Å². The van der Waals surface area contributed by atoms with Crippen molar-refractivity contribution in [2.24, 2.45) is 0 Å². The van der Waals surface area contributed by atoms with Gasteiger partial charge < -0.3 is 14.5 Å². The molecule has 4 rings (SSSR count). The van der Waals surface area contributed by atoms with Crippen LogP contribution >= 0.6 is 0 Å². The Morgan fingerprint density at radius 3 is 2.48 bits per heavy atom. The monoisotopic (exact) mass is 364 g/mol. The van der Waals surface area contributed by atoms with Crippen molar-refractivity contribution in [2.75, 3.05) is 7.05 Å². The smallest absolute Gasteiger partial charge is 0.344 e. The van der Waals surface area contributed by atoms with Crippen molar-refractivity contribution in [3.05, 3.63) is 97.3 Å². The second kappa shape index (κ2) is 6.28. The molecule has 0 aliphatic carbocycles. The number of aryl methyl sites for hydroxylation is 1. The Kier molecular flexibility index (Phi) is 3.92. The molecule has 3 aromatic rings. The van der Waals surface area contributed by atoms with E-state index in [0.29, 0.717) is 16.5 Å². The van der Waals surface area contributed by atoms with Crippen LogP contribution in [0.4, 0.5) is 0 Å². The molecule has 1 aromatic heterocycles. The maximum atomic E-state index is 12.8. The summed E-state index contributed by atoms with van der Waals surface area (Å²) < 4.78 is 11.2. The number of nitro groups is 1. The molecular weight excluding hydrogens is 348 g/mol. The van der Waals surface area contributed by atoms with Crippen LogP contribution in [0.2, 0.25) is 0 Å². The quantitative estimate of drug-likeness (QED) is 0.435. The summed E-state index contributed by atoms with van der Waals surface area (Å²) in [5, 5.41) is 15.2. The third-order valence-electron chi connectivity index (χ3n) is 4.63. The molecule has 27 heavy (non-hydrogen) atoms. The minimum atomic E-state index is -0.910. The molecule has 1 N–H and O–H groups in total. The minimum Gasteiger partial charge on any atom is -0.434 e. The number of hydrogen-bond donors (Lipinski definition) is 1. The van der Waals surface area contributed by atoms with Crippen molar-refractivity contribution in [1.82, 2.24) is 5.32 Å². The SMILES string of the molecule is CNC1=C([N+](=O)[O-])C(c2ccc(C)cc2)c2c(c3ccccc3oc2=O)O1. The van der Waals surface area contributed by atoms with Gasteiger partial charge in [0.25, 0.3) is 5.88 Å². The standard InChI is InChI=1S/C20H16N2O5/c1-11-7-9-12(10-8-11)15-16-18(27-19(21-2)17(15)22(24)25)13-5-3-4-6-14(13)26-20(16)23/h3-10,15,21H,1-2H3. The lowest BCUT2D eigenvalue weighted by Crippen LogP contribution is -2.31. The number of nitrogens with one attached hydrogen (secondary N) is 1. The summed E-state index contributed by atoms with van der Waals surface area (Å²) in [4.78, 5) is 24.1. The zero-order chi connectivity index (χ0) is 19.1. The molecule has 0 bridgehead atoms. The molecule has 2 aromatic carbocycles. The van der Waals surface area contributed by atoms with Gasteiger partial charge in [0, 0.05) is 7.05 Å². The first kappa shape index (κ1) is 16.8. The fraction of sp³-hybridized carbons (Fsp3) is 0.150. The summed E-state index contributed by atoms with van der Waals surface area (Å²) in [6.07, 6.45) is 0. The first-order valence-corrected chi connectivity index (χ1v) is 8.37. The molecule has 7 nitrogen and oxygen atoms in total. The Bertz CT molecular complexity index is 1150. The van der Waals surface area contributed by atoms with E-state index in [1.165, 1.54) is 0 Å². The van der Waals surface area contributed by atoms with Crippen molar-refractivity contribution in [1.29, 1.82) is 0 Å². The normalized spacial score (nSPS) is 16.0. The highest BCUT2D eigenvalue weighted by atomic mass is 16.6. The number of para-hydroxylation sites is 1. The van der Waals surface area contributed by atoms with Crippen LogP contribution in [0.25, 0.3) is 11.0 Å². The molecule has 0 saturated heterocycles. The van der Waals surface area contributed by atoms with Gasteiger partial charge in [-0.3, -0.25) is 10.1 Å². The lowest BCUT2D eigenvalue weighted by molar-refractivity contribution is -0.432. The van der Waals surface area contributed by atoms with E-state index in [9.17, 15) is 14.9 Å². The van der Waals surface area contributed by atoms with Gasteiger partial charge >= 0.3 is 11.3 Å². The van der Waals surface area contributed by atoms with Gasteiger partial charge in [-0.25, -0.2) is 4.79 Å². The Morgan fingerprint density at radius 1 is 1.11 bits per heavy atom. The maximum absolute atomic E-state index is 12.8. The van der Waals surface area contributed by atoms with Gasteiger partial charge in [0.1, 0.15) is 11.5 Å². The van der Waals surface area contributed by atoms with Crippen LogP contribution in [0.15, 0.2) is 69.3 Å². The van der Waals surface area contributed by atoms with Crippen molar-refractivity contribution < 1.29 is 14.1 Å². The van der Waals surface area contributed by atoms with E-state index in [4.69, 9.17) is 9.15 Å². The molecule has 7 heteroatoms. The van der Waals surface area contributed by atoms with Crippen LogP contribution in [0.5, 0.6) is 5.75 Å². The molecule has 1 aliphatic rings. The largest absolute Gasteiger partial charge is 0.434 e. The number of fused-ring (bicyclic) bond motifs is 3. The first-order valence-electron chi connectivity index (χ1n) is 8.37. The second-order valence-corrected chi connectivity index (χ2v) is 6.30. The van der Waals surface area contributed by atoms with Crippen LogP contribution in [-0.4, -0.2) is 12.0 Å². The number of allylic oxidation sites excluding steroid dienone is 1. The van der Waals surface area contributed by atoms with Crippen molar-refractivity contribution >= 4 is 11.0 Å². The molecule has 1 aliphatic heterocycles. The number of benzene rings is 2. The molecule has 0 radical (unpaired) electrons. The van der Waals surface area contributed by atoms with Crippen LogP contribution in [0.3, 0.4) is 0 Å². The zero-order valence-corrected chi connectivity index (χ0v) is 14.7. The van der Waals surface area contributed by atoms with Gasteiger partial charge in [0.15, 0.2) is 5.75 Å². The Hall–Kier alpha value is -3.61. The number of nitrogens with zero attached hydrogens (tertiary/aromatic N) is 1. The third-order valence-corrected chi connectivity index (χ3v) is 4.63. The summed E-state index contributed by atoms with van der Waals surface area (Å²) in [7, 11) is 1.55. The molecule has 0 fully saturated rings. The van der Waals surface area contributed by atoms with Crippen molar-refractivity contribution in [3.63, 3.8) is 0 Å². The first-order chi connectivity index (χ1) is 13.0. The summed E-state index contributed by atoms with van der Waals surface area (Å²) in [6.45, 7) is 1.92. The lowest BCUT2D eigenvalue weighted by Gasteiger charge is -2.25. The molecule has 1 unspecified atom stereocenters. The zero-order valence-electron chi connectivity index (χ0n) is 14.7. The van der Waals surface area contributed by atoms with Crippen LogP contribution in [-0.2, 0) is 0 Å². The average molecular weight is 364 g/mol. The maximum Gasteiger partial charge on any atom is 0.344 e. The second-order valence-electron chi connectivity index (χ2n) is 6.30. The van der Waals surface area contributed by atoms with E-state index in [0.717, 1.165) is 5.56 Å². The van der Waals surface area contributed by atoms with Gasteiger partial charge in [-0.2, -0.15) is 0 Å². The van der Waals surface area contributed by atoms with Gasteiger partial charge in [-0.15, -0.1) is 0 Å². The van der Waals surface area contributed by atoms with E-state index >= 15 is 0 Å². The highest BCUT2D eigenvalue weighted by Gasteiger charge is 2.42. The summed E-state index contributed by atoms with van der Waals surface area (Å²) in [6, 6.07) is 14.2. The third kappa shape index (κ3) is 2.64. The molecular formula is C20H16N2O5. The molecule has 0 amide bonds. The predicted octanol–water partition coefficient (Wildman–Crippen LogP) is 3.29. The van der Waals surface area contributed by atoms with Gasteiger partial charge in [0.05, 0.1) is 15.9 Å². The fourth-order valence-electron chi connectivity index (χ4n) is 3.37. The number of ether oxygens (including phenoxy) is 1. The average Bonchev–Trinajstić information content (AvgIpc) is 2.67. The number of hydrogen-bond acceptors (Lipinski definition) is 6. The molecule has 0 spiro atoms. The summed E-state index contributed by atoms with van der Waals surface area (Å²) in [5.74, 6) is -0.621. The molecule has 0 saturated carbocycles. The van der Waals surface area contributed by atoms with Gasteiger partial charge in [-0.1, -0.05) is 42.0 Å².